The van der Waals surface area contributed by atoms with E-state index < -0.39 is 7.60 Å². The highest BCUT2D eigenvalue weighted by molar-refractivity contribution is 8.15. The van der Waals surface area contributed by atoms with Crippen LogP contribution in [0.5, 0.6) is 0 Å². The molecule has 0 atom stereocenters. The summed E-state index contributed by atoms with van der Waals surface area (Å²) in [6, 6.07) is 9.02. The van der Waals surface area contributed by atoms with Gasteiger partial charge in [0.1, 0.15) is 4.65 Å². The molecule has 0 bridgehead atoms. The van der Waals surface area contributed by atoms with E-state index in [4.69, 9.17) is 9.05 Å². The van der Waals surface area contributed by atoms with Crippen LogP contribution in [0.1, 0.15) is 24.2 Å². The second-order valence-electron chi connectivity index (χ2n) is 4.36. The summed E-state index contributed by atoms with van der Waals surface area (Å²) in [7, 11) is -3.42. The highest BCUT2D eigenvalue weighted by atomic mass is 32.2. The lowest BCUT2D eigenvalue weighted by atomic mass is 10.1. The lowest BCUT2D eigenvalue weighted by Gasteiger charge is -2.24. The summed E-state index contributed by atoms with van der Waals surface area (Å²) < 4.78 is 24.3. The van der Waals surface area contributed by atoms with Gasteiger partial charge < -0.3 is 9.05 Å². The molecule has 120 valence electrons. The molecule has 0 N–H and O–H groups in total. The smallest absolute Gasteiger partial charge is 0.305 e. The predicted molar refractivity (Wildman–Crippen MR) is 93.6 cm³/mol. The van der Waals surface area contributed by atoms with Crippen molar-refractivity contribution in [1.29, 1.82) is 0 Å². The minimum absolute atomic E-state index is 0.118. The van der Waals surface area contributed by atoms with Crippen LogP contribution in [0.2, 0.25) is 0 Å². The molecule has 22 heavy (non-hydrogen) atoms. The molecule has 0 saturated carbocycles. The standard InChI is InChI=1S/C15H19O4PS2/c1-3-18-20(17,19-4-2)15-14(21-10-11-22-15)13(16)12-8-6-5-7-9-12/h5-9H,3-4,10-11H2,1-2H3. The number of carbonyl (C=O) groups excluding carboxylic acids is 1. The van der Waals surface area contributed by atoms with Crippen LogP contribution in [-0.4, -0.2) is 30.5 Å². The summed E-state index contributed by atoms with van der Waals surface area (Å²) in [6.07, 6.45) is 0. The van der Waals surface area contributed by atoms with Gasteiger partial charge in [-0.25, -0.2) is 0 Å². The molecule has 4 nitrogen and oxygen atoms in total. The molecule has 0 radical (unpaired) electrons. The molecule has 0 spiro atoms. The molecular weight excluding hydrogens is 339 g/mol. The van der Waals surface area contributed by atoms with Crippen LogP contribution in [0.4, 0.5) is 0 Å². The largest absolute Gasteiger partial charge is 0.368 e. The third kappa shape index (κ3) is 4.06. The topological polar surface area (TPSA) is 52.6 Å². The third-order valence-electron chi connectivity index (χ3n) is 2.85. The first-order chi connectivity index (χ1) is 10.6. The van der Waals surface area contributed by atoms with Crippen molar-refractivity contribution in [2.45, 2.75) is 13.8 Å². The van der Waals surface area contributed by atoms with E-state index in [1.807, 2.05) is 18.2 Å². The average Bonchev–Trinajstić information content (AvgIpc) is 2.55. The van der Waals surface area contributed by atoms with Gasteiger partial charge in [0, 0.05) is 17.1 Å². The second kappa shape index (κ2) is 8.37. The van der Waals surface area contributed by atoms with Gasteiger partial charge in [-0.2, -0.15) is 0 Å². The lowest BCUT2D eigenvalue weighted by Crippen LogP contribution is -2.10. The van der Waals surface area contributed by atoms with Crippen molar-refractivity contribution in [2.24, 2.45) is 0 Å². The van der Waals surface area contributed by atoms with Crippen LogP contribution >= 0.6 is 31.1 Å². The van der Waals surface area contributed by atoms with Crippen LogP contribution in [0.15, 0.2) is 39.9 Å². The number of benzene rings is 1. The SMILES string of the molecule is CCOP(=O)(OCC)C1=C(C(=O)c2ccccc2)SCCS1. The summed E-state index contributed by atoms with van der Waals surface area (Å²) in [5, 5.41) is 0. The molecule has 1 aliphatic heterocycles. The summed E-state index contributed by atoms with van der Waals surface area (Å²) in [5.41, 5.74) is 0.588. The van der Waals surface area contributed by atoms with E-state index in [1.165, 1.54) is 23.5 Å². The molecule has 1 aromatic carbocycles. The summed E-state index contributed by atoms with van der Waals surface area (Å²) in [5.74, 6) is 1.48. The maximum absolute atomic E-state index is 13.0. The molecule has 2 rings (SSSR count). The fraction of sp³-hybridized carbons (Fsp3) is 0.400. The van der Waals surface area contributed by atoms with Crippen LogP contribution in [-0.2, 0) is 13.6 Å². The van der Waals surface area contributed by atoms with Gasteiger partial charge in [-0.3, -0.25) is 9.36 Å². The molecule has 1 aliphatic rings. The van der Waals surface area contributed by atoms with Crippen LogP contribution < -0.4 is 0 Å². The van der Waals surface area contributed by atoms with Crippen molar-refractivity contribution < 1.29 is 18.4 Å². The Morgan fingerprint density at radius 1 is 1.09 bits per heavy atom. The van der Waals surface area contributed by atoms with Gasteiger partial charge in [0.15, 0.2) is 0 Å². The number of thioether (sulfide) groups is 2. The Morgan fingerprint density at radius 3 is 2.27 bits per heavy atom. The van der Waals surface area contributed by atoms with Gasteiger partial charge in [0.05, 0.1) is 18.1 Å². The van der Waals surface area contributed by atoms with E-state index in [-0.39, 0.29) is 19.0 Å². The third-order valence-corrected chi connectivity index (χ3v) is 8.34. The minimum Gasteiger partial charge on any atom is -0.305 e. The van der Waals surface area contributed by atoms with Crippen LogP contribution in [0.25, 0.3) is 0 Å². The first kappa shape index (κ1) is 17.8. The normalized spacial score (nSPS) is 15.9. The number of allylic oxidation sites excluding steroid dienone is 1. The van der Waals surface area contributed by atoms with E-state index in [2.05, 4.69) is 0 Å². The molecular formula is C15H19O4PS2. The Bertz CT molecular complexity index is 591. The Hall–Kier alpha value is -0.520. The average molecular weight is 358 g/mol. The highest BCUT2D eigenvalue weighted by Gasteiger charge is 2.37. The molecule has 1 heterocycles. The van der Waals surface area contributed by atoms with Crippen molar-refractivity contribution >= 4 is 36.9 Å². The van der Waals surface area contributed by atoms with E-state index in [9.17, 15) is 9.36 Å². The Balaban J connectivity index is 2.45. The molecule has 7 heteroatoms. The maximum Gasteiger partial charge on any atom is 0.368 e. The number of Topliss-reactive ketones (excluding diaryl/α,β-unsaturated/α-hetero) is 1. The van der Waals surface area contributed by atoms with Crippen LogP contribution in [0, 0.1) is 0 Å². The predicted octanol–water partition coefficient (Wildman–Crippen LogP) is 4.78. The van der Waals surface area contributed by atoms with Crippen molar-refractivity contribution in [3.63, 3.8) is 0 Å². The summed E-state index contributed by atoms with van der Waals surface area (Å²) >= 11 is 2.84. The number of carbonyl (C=O) groups is 1. The quantitative estimate of drug-likeness (QED) is 0.516. The zero-order chi connectivity index (χ0) is 16.0. The lowest BCUT2D eigenvalue weighted by molar-refractivity contribution is 0.104. The molecule has 0 fully saturated rings. The molecule has 0 amide bonds. The van der Waals surface area contributed by atoms with Gasteiger partial charge in [-0.1, -0.05) is 30.3 Å². The molecule has 0 unspecified atom stereocenters. The second-order valence-corrected chi connectivity index (χ2v) is 8.83. The molecule has 0 saturated heterocycles. The van der Waals surface area contributed by atoms with E-state index >= 15 is 0 Å². The Kier molecular flexibility index (Phi) is 6.78. The van der Waals surface area contributed by atoms with Crippen molar-refractivity contribution in [3.8, 4) is 0 Å². The Morgan fingerprint density at radius 2 is 1.68 bits per heavy atom. The number of hydrogen-bond donors (Lipinski definition) is 0. The van der Waals surface area contributed by atoms with Gasteiger partial charge in [-0.15, -0.1) is 23.5 Å². The number of rotatable bonds is 7. The maximum atomic E-state index is 13.0. The van der Waals surface area contributed by atoms with E-state index in [0.717, 1.165) is 11.5 Å². The van der Waals surface area contributed by atoms with Crippen molar-refractivity contribution in [1.82, 2.24) is 0 Å². The molecule has 0 aliphatic carbocycles. The van der Waals surface area contributed by atoms with Crippen molar-refractivity contribution in [3.05, 3.63) is 45.4 Å². The van der Waals surface area contributed by atoms with Crippen molar-refractivity contribution in [2.75, 3.05) is 24.7 Å². The van der Waals surface area contributed by atoms with Gasteiger partial charge in [0.25, 0.3) is 0 Å². The highest BCUT2D eigenvalue weighted by Crippen LogP contribution is 2.64. The summed E-state index contributed by atoms with van der Waals surface area (Å²) in [6.45, 7) is 4.09. The summed E-state index contributed by atoms with van der Waals surface area (Å²) in [4.78, 5) is 13.2. The molecule has 0 aromatic heterocycles. The fourth-order valence-electron chi connectivity index (χ4n) is 1.99. The van der Waals surface area contributed by atoms with Gasteiger partial charge in [0.2, 0.25) is 5.78 Å². The monoisotopic (exact) mass is 358 g/mol. The van der Waals surface area contributed by atoms with Gasteiger partial charge >= 0.3 is 7.60 Å². The fourth-order valence-corrected chi connectivity index (χ4v) is 7.10. The number of ketones is 1. The zero-order valence-corrected chi connectivity index (χ0v) is 15.1. The first-order valence-corrected chi connectivity index (χ1v) is 10.6. The van der Waals surface area contributed by atoms with Crippen LogP contribution in [0.3, 0.4) is 0 Å². The van der Waals surface area contributed by atoms with E-state index in [1.54, 1.807) is 26.0 Å². The molecule has 1 aromatic rings. The van der Waals surface area contributed by atoms with E-state index in [0.29, 0.717) is 15.1 Å². The number of hydrogen-bond acceptors (Lipinski definition) is 6. The minimum atomic E-state index is -3.42. The zero-order valence-electron chi connectivity index (χ0n) is 12.6. The Labute approximate surface area is 139 Å². The van der Waals surface area contributed by atoms with Gasteiger partial charge in [-0.05, 0) is 13.8 Å². The first-order valence-electron chi connectivity index (χ1n) is 7.11.